The van der Waals surface area contributed by atoms with Crippen LogP contribution >= 0.6 is 0 Å². The van der Waals surface area contributed by atoms with Crippen molar-refractivity contribution in [3.8, 4) is 0 Å². The van der Waals surface area contributed by atoms with Crippen molar-refractivity contribution in [1.29, 1.82) is 0 Å². The Hall–Kier alpha value is 0. The molecule has 0 bridgehead atoms. The zero-order valence-corrected chi connectivity index (χ0v) is 11.9. The fourth-order valence-corrected chi connectivity index (χ4v) is 3.61. The van der Waals surface area contributed by atoms with Gasteiger partial charge in [0.15, 0.2) is 0 Å². The van der Waals surface area contributed by atoms with Crippen LogP contribution in [0.15, 0.2) is 0 Å². The van der Waals surface area contributed by atoms with E-state index in [1.54, 1.807) is 0 Å². The lowest BCUT2D eigenvalue weighted by Gasteiger charge is -2.49. The fourth-order valence-electron chi connectivity index (χ4n) is 3.61. The molecule has 1 unspecified atom stereocenters. The summed E-state index contributed by atoms with van der Waals surface area (Å²) in [5, 5.41) is 0. The van der Waals surface area contributed by atoms with Gasteiger partial charge in [0.25, 0.3) is 0 Å². The van der Waals surface area contributed by atoms with Gasteiger partial charge in [-0.05, 0) is 36.5 Å². The van der Waals surface area contributed by atoms with Crippen LogP contribution in [0.5, 0.6) is 0 Å². The van der Waals surface area contributed by atoms with E-state index in [0.29, 0.717) is 10.8 Å². The molecule has 0 radical (unpaired) electrons. The molecule has 0 aromatic heterocycles. The fraction of sp³-hybridized carbons (Fsp3) is 1.00. The molecule has 0 nitrogen and oxygen atoms in total. The zero-order valence-electron chi connectivity index (χ0n) is 11.9. The molecule has 0 N–H and O–H groups in total. The highest BCUT2D eigenvalue weighted by atomic mass is 14.5. The first-order chi connectivity index (χ1) is 7.05. The van der Waals surface area contributed by atoms with E-state index >= 15 is 0 Å². The van der Waals surface area contributed by atoms with Gasteiger partial charge in [-0.25, -0.2) is 0 Å². The van der Waals surface area contributed by atoms with Crippen LogP contribution in [-0.4, -0.2) is 0 Å². The summed E-state index contributed by atoms with van der Waals surface area (Å²) in [5.41, 5.74) is 1.15. The summed E-state index contributed by atoms with van der Waals surface area (Å²) >= 11 is 0. The minimum atomic E-state index is 0.557. The summed E-state index contributed by atoms with van der Waals surface area (Å²) in [4.78, 5) is 0. The summed E-state index contributed by atoms with van der Waals surface area (Å²) in [7, 11) is 0. The SMILES string of the molecule is CCCC(C)(CC)C(CC)(CC)CCC. The molecular formula is C15H32. The molecule has 0 aliphatic carbocycles. The molecular weight excluding hydrogens is 180 g/mol. The summed E-state index contributed by atoms with van der Waals surface area (Å²) < 4.78 is 0. The Morgan fingerprint density at radius 1 is 0.667 bits per heavy atom. The van der Waals surface area contributed by atoms with E-state index in [1.807, 2.05) is 0 Å². The lowest BCUT2D eigenvalue weighted by atomic mass is 9.56. The molecule has 0 aromatic rings. The third kappa shape index (κ3) is 2.98. The Bertz CT molecular complexity index is 155. The first-order valence-electron chi connectivity index (χ1n) is 7.05. The number of hydrogen-bond donors (Lipinski definition) is 0. The van der Waals surface area contributed by atoms with Gasteiger partial charge in [-0.15, -0.1) is 0 Å². The lowest BCUT2D eigenvalue weighted by molar-refractivity contribution is 0.0161. The molecule has 1 atom stereocenters. The molecule has 0 heteroatoms. The molecule has 0 spiro atoms. The molecule has 0 fully saturated rings. The second-order valence-electron chi connectivity index (χ2n) is 5.40. The number of rotatable bonds is 8. The number of hydrogen-bond acceptors (Lipinski definition) is 0. The largest absolute Gasteiger partial charge is 0.0654 e. The van der Waals surface area contributed by atoms with Gasteiger partial charge in [0.05, 0.1) is 0 Å². The van der Waals surface area contributed by atoms with Crippen molar-refractivity contribution < 1.29 is 0 Å². The monoisotopic (exact) mass is 212 g/mol. The average Bonchev–Trinajstić information content (AvgIpc) is 2.26. The van der Waals surface area contributed by atoms with Crippen LogP contribution in [0, 0.1) is 10.8 Å². The van der Waals surface area contributed by atoms with Crippen molar-refractivity contribution in [2.75, 3.05) is 0 Å². The molecule has 92 valence electrons. The summed E-state index contributed by atoms with van der Waals surface area (Å²) in [5.74, 6) is 0. The van der Waals surface area contributed by atoms with E-state index in [-0.39, 0.29) is 0 Å². The second-order valence-corrected chi connectivity index (χ2v) is 5.40. The minimum Gasteiger partial charge on any atom is -0.0654 e. The maximum absolute atomic E-state index is 2.53. The third-order valence-corrected chi connectivity index (χ3v) is 4.94. The second kappa shape index (κ2) is 6.55. The predicted molar refractivity (Wildman–Crippen MR) is 71.2 cm³/mol. The lowest BCUT2D eigenvalue weighted by Crippen LogP contribution is -2.38. The molecule has 0 aromatic carbocycles. The van der Waals surface area contributed by atoms with Gasteiger partial charge in [-0.1, -0.05) is 60.8 Å². The Morgan fingerprint density at radius 2 is 1.13 bits per heavy atom. The van der Waals surface area contributed by atoms with Gasteiger partial charge >= 0.3 is 0 Å². The third-order valence-electron chi connectivity index (χ3n) is 4.94. The molecule has 0 saturated carbocycles. The first-order valence-corrected chi connectivity index (χ1v) is 7.05. The first kappa shape index (κ1) is 15.0. The average molecular weight is 212 g/mol. The van der Waals surface area contributed by atoms with Crippen LogP contribution < -0.4 is 0 Å². The van der Waals surface area contributed by atoms with Crippen molar-refractivity contribution >= 4 is 0 Å². The van der Waals surface area contributed by atoms with Crippen LogP contribution in [0.1, 0.15) is 86.5 Å². The quantitative estimate of drug-likeness (QED) is 0.476. The molecule has 0 amide bonds. The standard InChI is InChI=1S/C15H32/c1-7-12-14(6,9-3)15(10-4,11-5)13-8-2/h7-13H2,1-6H3. The Labute approximate surface area is 97.8 Å². The van der Waals surface area contributed by atoms with Crippen LogP contribution in [0.4, 0.5) is 0 Å². The molecule has 0 rings (SSSR count). The van der Waals surface area contributed by atoms with E-state index in [4.69, 9.17) is 0 Å². The maximum atomic E-state index is 2.53. The van der Waals surface area contributed by atoms with Crippen molar-refractivity contribution in [2.24, 2.45) is 10.8 Å². The van der Waals surface area contributed by atoms with Crippen molar-refractivity contribution in [1.82, 2.24) is 0 Å². The summed E-state index contributed by atoms with van der Waals surface area (Å²) in [6, 6.07) is 0. The van der Waals surface area contributed by atoms with E-state index < -0.39 is 0 Å². The van der Waals surface area contributed by atoms with Gasteiger partial charge in [0.2, 0.25) is 0 Å². The smallest absolute Gasteiger partial charge is 0.0249 e. The zero-order chi connectivity index (χ0) is 11.9. The maximum Gasteiger partial charge on any atom is -0.0249 e. The highest BCUT2D eigenvalue weighted by Gasteiger charge is 2.42. The molecule has 0 aliphatic heterocycles. The topological polar surface area (TPSA) is 0 Å². The highest BCUT2D eigenvalue weighted by molar-refractivity contribution is 4.92. The summed E-state index contributed by atoms with van der Waals surface area (Å²) in [6.45, 7) is 14.4. The highest BCUT2D eigenvalue weighted by Crippen LogP contribution is 2.52. The van der Waals surface area contributed by atoms with Crippen LogP contribution in [-0.2, 0) is 0 Å². The van der Waals surface area contributed by atoms with E-state index in [9.17, 15) is 0 Å². The van der Waals surface area contributed by atoms with Gasteiger partial charge in [-0.3, -0.25) is 0 Å². The van der Waals surface area contributed by atoms with Crippen LogP contribution in [0.25, 0.3) is 0 Å². The molecule has 0 heterocycles. The van der Waals surface area contributed by atoms with Crippen LogP contribution in [0.2, 0.25) is 0 Å². The van der Waals surface area contributed by atoms with Gasteiger partial charge in [0.1, 0.15) is 0 Å². The van der Waals surface area contributed by atoms with Gasteiger partial charge in [-0.2, -0.15) is 0 Å². The van der Waals surface area contributed by atoms with Gasteiger partial charge < -0.3 is 0 Å². The summed E-state index contributed by atoms with van der Waals surface area (Å²) in [6.07, 6.45) is 9.50. The Morgan fingerprint density at radius 3 is 1.40 bits per heavy atom. The van der Waals surface area contributed by atoms with Crippen molar-refractivity contribution in [3.63, 3.8) is 0 Å². The van der Waals surface area contributed by atoms with Crippen LogP contribution in [0.3, 0.4) is 0 Å². The molecule has 0 saturated heterocycles. The Balaban J connectivity index is 4.97. The molecule has 15 heavy (non-hydrogen) atoms. The van der Waals surface area contributed by atoms with E-state index in [1.165, 1.54) is 44.9 Å². The van der Waals surface area contributed by atoms with Crippen molar-refractivity contribution in [2.45, 2.75) is 86.5 Å². The minimum absolute atomic E-state index is 0.557. The molecule has 0 aliphatic rings. The Kier molecular flexibility index (Phi) is 6.55. The van der Waals surface area contributed by atoms with E-state index in [0.717, 1.165) is 0 Å². The normalized spacial score (nSPS) is 16.4. The van der Waals surface area contributed by atoms with Crippen molar-refractivity contribution in [3.05, 3.63) is 0 Å². The predicted octanol–water partition coefficient (Wildman–Crippen LogP) is 5.81. The van der Waals surface area contributed by atoms with Gasteiger partial charge in [0, 0.05) is 0 Å². The van der Waals surface area contributed by atoms with E-state index in [2.05, 4.69) is 41.5 Å².